The molecule has 0 atom stereocenters. The van der Waals surface area contributed by atoms with Crippen molar-refractivity contribution >= 4 is 11.9 Å². The maximum Gasteiger partial charge on any atom is 0.320 e. The standard InChI is InChI=1S/C16H22N2O3/c1-2-21-16(20)12-18(14-8-9-14)11-15(19)17-10-13-6-4-3-5-7-13/h3-7,14H,2,8-12H2,1H3,(H,17,19). The van der Waals surface area contributed by atoms with E-state index >= 15 is 0 Å². The normalized spacial score (nSPS) is 14.0. The van der Waals surface area contributed by atoms with Gasteiger partial charge in [-0.15, -0.1) is 0 Å². The Hall–Kier alpha value is -1.88. The highest BCUT2D eigenvalue weighted by atomic mass is 16.5. The fourth-order valence-electron chi connectivity index (χ4n) is 2.16. The van der Waals surface area contributed by atoms with E-state index < -0.39 is 0 Å². The van der Waals surface area contributed by atoms with Crippen LogP contribution in [0.5, 0.6) is 0 Å². The van der Waals surface area contributed by atoms with E-state index in [-0.39, 0.29) is 25.0 Å². The first-order valence-corrected chi connectivity index (χ1v) is 7.39. The molecule has 0 aromatic heterocycles. The van der Waals surface area contributed by atoms with E-state index in [4.69, 9.17) is 4.74 Å². The van der Waals surface area contributed by atoms with Crippen LogP contribution in [0.15, 0.2) is 30.3 Å². The topological polar surface area (TPSA) is 58.6 Å². The lowest BCUT2D eigenvalue weighted by atomic mass is 10.2. The maximum atomic E-state index is 12.0. The van der Waals surface area contributed by atoms with Crippen LogP contribution in [0.2, 0.25) is 0 Å². The van der Waals surface area contributed by atoms with Gasteiger partial charge < -0.3 is 10.1 Å². The number of hydrogen-bond donors (Lipinski definition) is 1. The van der Waals surface area contributed by atoms with Crippen molar-refractivity contribution in [2.45, 2.75) is 32.4 Å². The van der Waals surface area contributed by atoms with Crippen LogP contribution in [0.4, 0.5) is 0 Å². The van der Waals surface area contributed by atoms with Gasteiger partial charge in [0.2, 0.25) is 5.91 Å². The summed E-state index contributed by atoms with van der Waals surface area (Å²) in [4.78, 5) is 25.4. The smallest absolute Gasteiger partial charge is 0.320 e. The molecule has 0 heterocycles. The highest BCUT2D eigenvalue weighted by Crippen LogP contribution is 2.26. The van der Waals surface area contributed by atoms with E-state index in [2.05, 4.69) is 5.32 Å². The van der Waals surface area contributed by atoms with E-state index in [1.807, 2.05) is 35.2 Å². The molecule has 21 heavy (non-hydrogen) atoms. The fraction of sp³-hybridized carbons (Fsp3) is 0.500. The first kappa shape index (κ1) is 15.5. The monoisotopic (exact) mass is 290 g/mol. The minimum atomic E-state index is -0.264. The summed E-state index contributed by atoms with van der Waals surface area (Å²) in [6.45, 7) is 3.11. The molecule has 1 aromatic carbocycles. The number of carbonyl (C=O) groups excluding carboxylic acids is 2. The summed E-state index contributed by atoms with van der Waals surface area (Å²) in [6, 6.07) is 10.1. The van der Waals surface area contributed by atoms with Gasteiger partial charge in [0.25, 0.3) is 0 Å². The molecular formula is C16H22N2O3. The second kappa shape index (κ2) is 7.78. The minimum Gasteiger partial charge on any atom is -0.465 e. The zero-order valence-corrected chi connectivity index (χ0v) is 12.4. The minimum absolute atomic E-state index is 0.0601. The molecule has 0 radical (unpaired) electrons. The largest absolute Gasteiger partial charge is 0.465 e. The Bertz CT molecular complexity index is 472. The van der Waals surface area contributed by atoms with Crippen molar-refractivity contribution in [3.63, 3.8) is 0 Å². The molecule has 0 aliphatic heterocycles. The highest BCUT2D eigenvalue weighted by molar-refractivity contribution is 5.79. The Kier molecular flexibility index (Phi) is 5.75. The van der Waals surface area contributed by atoms with Crippen LogP contribution in [0.25, 0.3) is 0 Å². The third-order valence-electron chi connectivity index (χ3n) is 3.38. The summed E-state index contributed by atoms with van der Waals surface area (Å²) in [5.74, 6) is -0.324. The van der Waals surface area contributed by atoms with Crippen LogP contribution in [-0.2, 0) is 20.9 Å². The van der Waals surface area contributed by atoms with Crippen LogP contribution >= 0.6 is 0 Å². The van der Waals surface area contributed by atoms with Crippen molar-refractivity contribution < 1.29 is 14.3 Å². The quantitative estimate of drug-likeness (QED) is 0.734. The fourth-order valence-corrected chi connectivity index (χ4v) is 2.16. The van der Waals surface area contributed by atoms with Gasteiger partial charge in [0.15, 0.2) is 0 Å². The molecule has 2 rings (SSSR count). The van der Waals surface area contributed by atoms with Gasteiger partial charge in [-0.2, -0.15) is 0 Å². The molecule has 0 unspecified atom stereocenters. The molecule has 5 nitrogen and oxygen atoms in total. The van der Waals surface area contributed by atoms with Gasteiger partial charge in [0.05, 0.1) is 19.7 Å². The average molecular weight is 290 g/mol. The summed E-state index contributed by atoms with van der Waals surface area (Å²) in [5, 5.41) is 2.88. The summed E-state index contributed by atoms with van der Waals surface area (Å²) < 4.78 is 4.95. The number of benzene rings is 1. The van der Waals surface area contributed by atoms with E-state index in [0.717, 1.165) is 18.4 Å². The van der Waals surface area contributed by atoms with Gasteiger partial charge in [0, 0.05) is 12.6 Å². The number of hydrogen-bond acceptors (Lipinski definition) is 4. The van der Waals surface area contributed by atoms with Crippen LogP contribution in [0, 0.1) is 0 Å². The van der Waals surface area contributed by atoms with Crippen molar-refractivity contribution in [1.29, 1.82) is 0 Å². The molecule has 0 saturated heterocycles. The van der Waals surface area contributed by atoms with Crippen LogP contribution in [0.1, 0.15) is 25.3 Å². The second-order valence-corrected chi connectivity index (χ2v) is 5.20. The Morgan fingerprint density at radius 1 is 1.24 bits per heavy atom. The Morgan fingerprint density at radius 3 is 2.57 bits per heavy atom. The van der Waals surface area contributed by atoms with Gasteiger partial charge in [-0.1, -0.05) is 30.3 Å². The van der Waals surface area contributed by atoms with Gasteiger partial charge >= 0.3 is 5.97 Å². The Labute approximate surface area is 125 Å². The third kappa shape index (κ3) is 5.55. The number of carbonyl (C=O) groups is 2. The number of rotatable bonds is 8. The predicted octanol–water partition coefficient (Wildman–Crippen LogP) is 1.33. The molecule has 1 aliphatic rings. The zero-order chi connectivity index (χ0) is 15.1. The molecule has 1 saturated carbocycles. The molecule has 1 N–H and O–H groups in total. The maximum absolute atomic E-state index is 12.0. The summed E-state index contributed by atoms with van der Waals surface area (Å²) >= 11 is 0. The van der Waals surface area contributed by atoms with Crippen molar-refractivity contribution in [2.24, 2.45) is 0 Å². The third-order valence-corrected chi connectivity index (χ3v) is 3.38. The van der Waals surface area contributed by atoms with Gasteiger partial charge in [-0.25, -0.2) is 0 Å². The van der Waals surface area contributed by atoms with Crippen molar-refractivity contribution in [3.8, 4) is 0 Å². The van der Waals surface area contributed by atoms with Crippen LogP contribution < -0.4 is 5.32 Å². The van der Waals surface area contributed by atoms with Crippen molar-refractivity contribution in [3.05, 3.63) is 35.9 Å². The lowest BCUT2D eigenvalue weighted by Crippen LogP contribution is -2.41. The van der Waals surface area contributed by atoms with Crippen LogP contribution in [0.3, 0.4) is 0 Å². The first-order chi connectivity index (χ1) is 10.2. The number of esters is 1. The van der Waals surface area contributed by atoms with Gasteiger partial charge in [-0.3, -0.25) is 14.5 Å². The lowest BCUT2D eigenvalue weighted by Gasteiger charge is -2.20. The SMILES string of the molecule is CCOC(=O)CN(CC(=O)NCc1ccccc1)C1CC1. The molecule has 0 bridgehead atoms. The summed E-state index contributed by atoms with van der Waals surface area (Å²) in [6.07, 6.45) is 2.09. The second-order valence-electron chi connectivity index (χ2n) is 5.20. The Morgan fingerprint density at radius 2 is 1.95 bits per heavy atom. The van der Waals surface area contributed by atoms with E-state index in [0.29, 0.717) is 19.2 Å². The number of amides is 1. The summed E-state index contributed by atoms with van der Waals surface area (Å²) in [7, 11) is 0. The molecule has 1 fully saturated rings. The highest BCUT2D eigenvalue weighted by Gasteiger charge is 2.31. The van der Waals surface area contributed by atoms with E-state index in [9.17, 15) is 9.59 Å². The summed E-state index contributed by atoms with van der Waals surface area (Å²) in [5.41, 5.74) is 1.06. The zero-order valence-electron chi connectivity index (χ0n) is 12.4. The Balaban J connectivity index is 1.77. The number of ether oxygens (including phenoxy) is 1. The van der Waals surface area contributed by atoms with E-state index in [1.54, 1.807) is 6.92 Å². The van der Waals surface area contributed by atoms with E-state index in [1.165, 1.54) is 0 Å². The van der Waals surface area contributed by atoms with Gasteiger partial charge in [-0.05, 0) is 25.3 Å². The van der Waals surface area contributed by atoms with Gasteiger partial charge in [0.1, 0.15) is 0 Å². The molecular weight excluding hydrogens is 268 g/mol. The number of nitrogens with zero attached hydrogens (tertiary/aromatic N) is 1. The first-order valence-electron chi connectivity index (χ1n) is 7.39. The van der Waals surface area contributed by atoms with Crippen molar-refractivity contribution in [2.75, 3.05) is 19.7 Å². The lowest BCUT2D eigenvalue weighted by molar-refractivity contribution is -0.144. The predicted molar refractivity (Wildman–Crippen MR) is 79.5 cm³/mol. The molecule has 1 aliphatic carbocycles. The molecule has 114 valence electrons. The molecule has 5 heteroatoms. The average Bonchev–Trinajstić information content (AvgIpc) is 3.30. The molecule has 1 amide bonds. The number of nitrogens with one attached hydrogen (secondary N) is 1. The van der Waals surface area contributed by atoms with Crippen molar-refractivity contribution in [1.82, 2.24) is 10.2 Å². The van der Waals surface area contributed by atoms with Crippen LogP contribution in [-0.4, -0.2) is 42.5 Å². The molecule has 0 spiro atoms. The molecule has 1 aromatic rings.